The molecule has 0 aliphatic heterocycles. The Kier molecular flexibility index (Phi) is 4.11. The summed E-state index contributed by atoms with van der Waals surface area (Å²) in [7, 11) is 1.60. The first-order chi connectivity index (χ1) is 13.0. The van der Waals surface area contributed by atoms with E-state index in [9.17, 15) is 4.79 Å². The highest BCUT2D eigenvalue weighted by Gasteiger charge is 2.17. The van der Waals surface area contributed by atoms with Crippen LogP contribution in [0.2, 0.25) is 0 Å². The van der Waals surface area contributed by atoms with Gasteiger partial charge >= 0.3 is 0 Å². The third-order valence-electron chi connectivity index (χ3n) is 4.85. The van der Waals surface area contributed by atoms with E-state index in [1.165, 1.54) is 0 Å². The lowest BCUT2D eigenvalue weighted by atomic mass is 9.99. The van der Waals surface area contributed by atoms with Crippen LogP contribution in [0.5, 0.6) is 5.75 Å². The molecule has 0 spiro atoms. The van der Waals surface area contributed by atoms with Crippen LogP contribution < -0.4 is 10.1 Å². The number of hydrogen-bond acceptors (Lipinski definition) is 3. The summed E-state index contributed by atoms with van der Waals surface area (Å²) in [5.41, 5.74) is 5.85. The number of para-hydroxylation sites is 1. The van der Waals surface area contributed by atoms with Gasteiger partial charge in [-0.25, -0.2) is 0 Å². The molecular weight excluding hydrogens is 338 g/mol. The Hall–Kier alpha value is -3.27. The van der Waals surface area contributed by atoms with E-state index in [0.29, 0.717) is 22.6 Å². The maximum absolute atomic E-state index is 12.9. The minimum atomic E-state index is -0.154. The van der Waals surface area contributed by atoms with Crippen molar-refractivity contribution in [3.05, 3.63) is 70.8 Å². The van der Waals surface area contributed by atoms with Gasteiger partial charge in [-0.1, -0.05) is 35.9 Å². The minimum Gasteiger partial charge on any atom is -0.495 e. The number of methoxy groups -OCH3 is 1. The summed E-state index contributed by atoms with van der Waals surface area (Å²) < 4.78 is 11.5. The maximum Gasteiger partial charge on any atom is 0.256 e. The molecule has 0 atom stereocenters. The highest BCUT2D eigenvalue weighted by molar-refractivity contribution is 6.10. The largest absolute Gasteiger partial charge is 0.495 e. The monoisotopic (exact) mass is 359 g/mol. The fraction of sp³-hybridized carbons (Fsp3) is 0.174. The molecule has 0 fully saturated rings. The van der Waals surface area contributed by atoms with Crippen molar-refractivity contribution in [1.82, 2.24) is 0 Å². The van der Waals surface area contributed by atoms with Gasteiger partial charge in [0, 0.05) is 22.4 Å². The van der Waals surface area contributed by atoms with E-state index in [-0.39, 0.29) is 5.91 Å². The summed E-state index contributed by atoms with van der Waals surface area (Å²) in [5, 5.41) is 4.97. The fourth-order valence-electron chi connectivity index (χ4n) is 3.74. The average Bonchev–Trinajstić information content (AvgIpc) is 2.97. The van der Waals surface area contributed by atoms with Crippen molar-refractivity contribution >= 4 is 33.5 Å². The average molecular weight is 359 g/mol. The van der Waals surface area contributed by atoms with Gasteiger partial charge in [0.05, 0.1) is 12.8 Å². The summed E-state index contributed by atoms with van der Waals surface area (Å²) in [6.07, 6.45) is 0. The molecule has 27 heavy (non-hydrogen) atoms. The Morgan fingerprint density at radius 1 is 0.926 bits per heavy atom. The molecule has 1 heterocycles. The van der Waals surface area contributed by atoms with Gasteiger partial charge in [-0.2, -0.15) is 0 Å². The molecule has 1 amide bonds. The highest BCUT2D eigenvalue weighted by Crippen LogP contribution is 2.36. The lowest BCUT2D eigenvalue weighted by molar-refractivity contribution is 0.102. The minimum absolute atomic E-state index is 0.154. The van der Waals surface area contributed by atoms with Crippen molar-refractivity contribution in [2.75, 3.05) is 12.4 Å². The second-order valence-electron chi connectivity index (χ2n) is 6.87. The lowest BCUT2D eigenvalue weighted by Gasteiger charge is -2.14. The predicted molar refractivity (Wildman–Crippen MR) is 109 cm³/mol. The molecule has 0 radical (unpaired) electrons. The maximum atomic E-state index is 12.9. The number of carbonyl (C=O) groups is 1. The van der Waals surface area contributed by atoms with Crippen molar-refractivity contribution in [2.45, 2.75) is 20.8 Å². The number of fused-ring (bicyclic) bond motifs is 3. The fourth-order valence-corrected chi connectivity index (χ4v) is 3.74. The third-order valence-corrected chi connectivity index (χ3v) is 4.85. The van der Waals surface area contributed by atoms with Crippen LogP contribution in [0.3, 0.4) is 0 Å². The molecule has 4 aromatic rings. The number of anilines is 1. The quantitative estimate of drug-likeness (QED) is 0.505. The second kappa shape index (κ2) is 6.47. The summed E-state index contributed by atoms with van der Waals surface area (Å²) >= 11 is 0. The van der Waals surface area contributed by atoms with E-state index in [4.69, 9.17) is 9.15 Å². The Labute approximate surface area is 157 Å². The van der Waals surface area contributed by atoms with Crippen LogP contribution in [0.15, 0.2) is 52.9 Å². The molecule has 0 aliphatic rings. The number of hydrogen-bond donors (Lipinski definition) is 1. The molecule has 4 heteroatoms. The zero-order chi connectivity index (χ0) is 19.1. The van der Waals surface area contributed by atoms with Crippen molar-refractivity contribution in [1.29, 1.82) is 0 Å². The van der Waals surface area contributed by atoms with Crippen LogP contribution in [0.4, 0.5) is 5.69 Å². The van der Waals surface area contributed by atoms with Gasteiger partial charge in [0.2, 0.25) is 0 Å². The number of carbonyl (C=O) groups excluding carboxylic acids is 1. The molecule has 4 rings (SSSR count). The normalized spacial score (nSPS) is 11.1. The van der Waals surface area contributed by atoms with Crippen LogP contribution in [-0.2, 0) is 0 Å². The molecule has 1 N–H and O–H groups in total. The van der Waals surface area contributed by atoms with E-state index < -0.39 is 0 Å². The van der Waals surface area contributed by atoms with Gasteiger partial charge in [0.15, 0.2) is 0 Å². The van der Waals surface area contributed by atoms with Gasteiger partial charge in [-0.3, -0.25) is 4.79 Å². The molecule has 3 aromatic carbocycles. The summed E-state index contributed by atoms with van der Waals surface area (Å²) in [4.78, 5) is 12.9. The van der Waals surface area contributed by atoms with E-state index in [0.717, 1.165) is 33.0 Å². The summed E-state index contributed by atoms with van der Waals surface area (Å²) in [5.74, 6) is 0.448. The van der Waals surface area contributed by atoms with Crippen LogP contribution in [0.25, 0.3) is 21.9 Å². The van der Waals surface area contributed by atoms with Crippen LogP contribution in [0.1, 0.15) is 27.0 Å². The number of aryl methyl sites for hydroxylation is 3. The molecule has 0 bridgehead atoms. The molecule has 136 valence electrons. The van der Waals surface area contributed by atoms with Gasteiger partial charge in [-0.15, -0.1) is 0 Å². The van der Waals surface area contributed by atoms with Gasteiger partial charge in [-0.05, 0) is 44.0 Å². The zero-order valence-corrected chi connectivity index (χ0v) is 15.8. The van der Waals surface area contributed by atoms with Gasteiger partial charge in [0.1, 0.15) is 16.9 Å². The SMILES string of the molecule is COc1cc2c(cc1NC(=O)c1c(C)cc(C)cc1C)oc1ccccc12. The van der Waals surface area contributed by atoms with E-state index >= 15 is 0 Å². The standard InChI is InChI=1S/C23H21NO3/c1-13-9-14(2)22(15(3)10-13)23(25)24-18-12-20-17(11-21(18)26-4)16-7-5-6-8-19(16)27-20/h5-12H,1-4H3,(H,24,25). The van der Waals surface area contributed by atoms with Crippen molar-refractivity contribution < 1.29 is 13.9 Å². The van der Waals surface area contributed by atoms with Gasteiger partial charge in [0.25, 0.3) is 5.91 Å². The van der Waals surface area contributed by atoms with Crippen LogP contribution >= 0.6 is 0 Å². The van der Waals surface area contributed by atoms with Crippen LogP contribution in [0, 0.1) is 20.8 Å². The zero-order valence-electron chi connectivity index (χ0n) is 15.8. The molecule has 4 nitrogen and oxygen atoms in total. The number of ether oxygens (including phenoxy) is 1. The van der Waals surface area contributed by atoms with Gasteiger partial charge < -0.3 is 14.5 Å². The second-order valence-corrected chi connectivity index (χ2v) is 6.87. The van der Waals surface area contributed by atoms with Crippen molar-refractivity contribution in [2.24, 2.45) is 0 Å². The Morgan fingerprint density at radius 2 is 1.63 bits per heavy atom. The Morgan fingerprint density at radius 3 is 2.33 bits per heavy atom. The molecule has 0 saturated heterocycles. The highest BCUT2D eigenvalue weighted by atomic mass is 16.5. The van der Waals surface area contributed by atoms with Crippen LogP contribution in [-0.4, -0.2) is 13.0 Å². The molecule has 1 aromatic heterocycles. The van der Waals surface area contributed by atoms with Crippen molar-refractivity contribution in [3.63, 3.8) is 0 Å². The smallest absolute Gasteiger partial charge is 0.256 e. The lowest BCUT2D eigenvalue weighted by Crippen LogP contribution is -2.15. The molecular formula is C23H21NO3. The molecule has 0 saturated carbocycles. The number of furan rings is 1. The first-order valence-electron chi connectivity index (χ1n) is 8.86. The topological polar surface area (TPSA) is 51.5 Å². The number of rotatable bonds is 3. The summed E-state index contributed by atoms with van der Waals surface area (Å²) in [6, 6.07) is 15.6. The number of nitrogens with one attached hydrogen (secondary N) is 1. The molecule has 0 aliphatic carbocycles. The van der Waals surface area contributed by atoms with E-state index in [2.05, 4.69) is 5.32 Å². The Bertz CT molecular complexity index is 1160. The number of amides is 1. The Balaban J connectivity index is 1.79. The first kappa shape index (κ1) is 17.2. The van der Waals surface area contributed by atoms with Crippen molar-refractivity contribution in [3.8, 4) is 5.75 Å². The first-order valence-corrected chi connectivity index (χ1v) is 8.86. The summed E-state index contributed by atoms with van der Waals surface area (Å²) in [6.45, 7) is 5.93. The predicted octanol–water partition coefficient (Wildman–Crippen LogP) is 5.77. The van der Waals surface area contributed by atoms with E-state index in [1.807, 2.05) is 69.3 Å². The van der Waals surface area contributed by atoms with E-state index in [1.54, 1.807) is 7.11 Å². The number of benzene rings is 3. The molecule has 0 unspecified atom stereocenters. The third kappa shape index (κ3) is 2.93.